The number of hydrogen-bond donors (Lipinski definition) is 0. The van der Waals surface area contributed by atoms with Crippen molar-refractivity contribution in [1.29, 1.82) is 0 Å². The van der Waals surface area contributed by atoms with E-state index in [0.717, 1.165) is 0 Å². The van der Waals surface area contributed by atoms with Gasteiger partial charge in [-0.2, -0.15) is 13.2 Å². The summed E-state index contributed by atoms with van der Waals surface area (Å²) in [6.45, 7) is 5.28. The van der Waals surface area contributed by atoms with Gasteiger partial charge >= 0.3 is 12.1 Å². The van der Waals surface area contributed by atoms with Gasteiger partial charge in [0, 0.05) is 6.42 Å². The van der Waals surface area contributed by atoms with Crippen molar-refractivity contribution < 1.29 is 27.4 Å². The summed E-state index contributed by atoms with van der Waals surface area (Å²) < 4.78 is 46.2. The minimum absolute atomic E-state index is 0.0225. The molecule has 0 spiro atoms. The lowest BCUT2D eigenvalue weighted by Crippen LogP contribution is -2.23. The number of carbonyl (C=O) groups is 1. The molecule has 3 nitrogen and oxygen atoms in total. The van der Waals surface area contributed by atoms with Crippen molar-refractivity contribution in [3.8, 4) is 5.75 Å². The van der Waals surface area contributed by atoms with Crippen LogP contribution in [0.1, 0.15) is 44.0 Å². The highest BCUT2D eigenvalue weighted by molar-refractivity contribution is 5.89. The molecule has 6 heteroatoms. The molecule has 0 N–H and O–H groups in total. The second-order valence-electron chi connectivity index (χ2n) is 5.59. The molecule has 0 aliphatic rings. The van der Waals surface area contributed by atoms with Crippen LogP contribution in [0.15, 0.2) is 24.3 Å². The normalized spacial score (nSPS) is 12.1. The predicted molar refractivity (Wildman–Crippen MR) is 72.4 cm³/mol. The lowest BCUT2D eigenvalue weighted by atomic mass is 10.1. The Kier molecular flexibility index (Phi) is 5.63. The third-order valence-electron chi connectivity index (χ3n) is 2.36. The van der Waals surface area contributed by atoms with Crippen LogP contribution in [-0.4, -0.2) is 24.4 Å². The summed E-state index contributed by atoms with van der Waals surface area (Å²) in [6.07, 6.45) is -5.13. The van der Waals surface area contributed by atoms with E-state index in [2.05, 4.69) is 0 Å². The molecule has 1 aromatic carbocycles. The van der Waals surface area contributed by atoms with Crippen LogP contribution in [0, 0.1) is 0 Å². The molecule has 0 heterocycles. The summed E-state index contributed by atoms with van der Waals surface area (Å²) >= 11 is 0. The van der Waals surface area contributed by atoms with E-state index in [9.17, 15) is 18.0 Å². The minimum atomic E-state index is -4.16. The van der Waals surface area contributed by atoms with Crippen LogP contribution in [0.25, 0.3) is 0 Å². The summed E-state index contributed by atoms with van der Waals surface area (Å²) in [7, 11) is 0. The molecule has 118 valence electrons. The minimum Gasteiger partial charge on any atom is -0.494 e. The standard InChI is InChI=1S/C15H19F3O3/c1-14(2,3)21-13(19)11-5-7-12(8-6-11)20-10-4-9-15(16,17)18/h5-8H,4,9-10H2,1-3H3. The Balaban J connectivity index is 2.45. The molecule has 0 aromatic heterocycles. The van der Waals surface area contributed by atoms with Crippen molar-refractivity contribution in [1.82, 2.24) is 0 Å². The van der Waals surface area contributed by atoms with Gasteiger partial charge < -0.3 is 9.47 Å². The number of hydrogen-bond acceptors (Lipinski definition) is 3. The molecule has 0 radical (unpaired) electrons. The molecule has 0 bridgehead atoms. The quantitative estimate of drug-likeness (QED) is 0.599. The largest absolute Gasteiger partial charge is 0.494 e. The maximum absolute atomic E-state index is 12.0. The Labute approximate surface area is 122 Å². The summed E-state index contributed by atoms with van der Waals surface area (Å²) in [5.74, 6) is -0.0318. The van der Waals surface area contributed by atoms with Crippen molar-refractivity contribution in [3.63, 3.8) is 0 Å². The summed E-state index contributed by atoms with van der Waals surface area (Å²) in [6, 6.07) is 6.11. The number of carbonyl (C=O) groups excluding carboxylic acids is 1. The van der Waals surface area contributed by atoms with Crippen LogP contribution in [-0.2, 0) is 4.74 Å². The molecular weight excluding hydrogens is 285 g/mol. The lowest BCUT2D eigenvalue weighted by molar-refractivity contribution is -0.136. The average molecular weight is 304 g/mol. The zero-order chi connectivity index (χ0) is 16.1. The van der Waals surface area contributed by atoms with E-state index >= 15 is 0 Å². The first-order valence-electron chi connectivity index (χ1n) is 6.60. The van der Waals surface area contributed by atoms with E-state index in [0.29, 0.717) is 11.3 Å². The van der Waals surface area contributed by atoms with E-state index in [4.69, 9.17) is 9.47 Å². The summed E-state index contributed by atoms with van der Waals surface area (Å²) in [4.78, 5) is 11.8. The number of esters is 1. The predicted octanol–water partition coefficient (Wildman–Crippen LogP) is 4.36. The Bertz CT molecular complexity index is 459. The van der Waals surface area contributed by atoms with Crippen molar-refractivity contribution in [2.75, 3.05) is 6.61 Å². The zero-order valence-corrected chi connectivity index (χ0v) is 12.3. The molecule has 0 atom stereocenters. The van der Waals surface area contributed by atoms with Gasteiger partial charge in [-0.3, -0.25) is 0 Å². The monoisotopic (exact) mass is 304 g/mol. The number of rotatable bonds is 5. The van der Waals surface area contributed by atoms with Crippen LogP contribution >= 0.6 is 0 Å². The van der Waals surface area contributed by atoms with Crippen molar-refractivity contribution in [3.05, 3.63) is 29.8 Å². The van der Waals surface area contributed by atoms with Gasteiger partial charge in [-0.15, -0.1) is 0 Å². The Hall–Kier alpha value is -1.72. The molecule has 0 saturated heterocycles. The smallest absolute Gasteiger partial charge is 0.389 e. The molecule has 0 fully saturated rings. The maximum Gasteiger partial charge on any atom is 0.389 e. The average Bonchev–Trinajstić information content (AvgIpc) is 2.32. The van der Waals surface area contributed by atoms with Crippen LogP contribution in [0.4, 0.5) is 13.2 Å². The SMILES string of the molecule is CC(C)(C)OC(=O)c1ccc(OCCCC(F)(F)F)cc1. The van der Waals surface area contributed by atoms with Crippen LogP contribution in [0.3, 0.4) is 0 Å². The van der Waals surface area contributed by atoms with Crippen LogP contribution < -0.4 is 4.74 Å². The number of benzene rings is 1. The third-order valence-corrected chi connectivity index (χ3v) is 2.36. The second-order valence-corrected chi connectivity index (χ2v) is 5.59. The molecule has 0 saturated carbocycles. The van der Waals surface area contributed by atoms with E-state index in [-0.39, 0.29) is 13.0 Å². The van der Waals surface area contributed by atoms with E-state index < -0.39 is 24.2 Å². The maximum atomic E-state index is 12.0. The molecule has 1 aromatic rings. The topological polar surface area (TPSA) is 35.5 Å². The van der Waals surface area contributed by atoms with E-state index in [1.165, 1.54) is 24.3 Å². The molecule has 0 amide bonds. The second kappa shape index (κ2) is 6.83. The first-order valence-corrected chi connectivity index (χ1v) is 6.60. The van der Waals surface area contributed by atoms with Crippen LogP contribution in [0.5, 0.6) is 5.75 Å². The van der Waals surface area contributed by atoms with Gasteiger partial charge in [-0.25, -0.2) is 4.79 Å². The van der Waals surface area contributed by atoms with E-state index in [1.54, 1.807) is 20.8 Å². The summed E-state index contributed by atoms with van der Waals surface area (Å²) in [5.41, 5.74) is -0.211. The Morgan fingerprint density at radius 1 is 1.10 bits per heavy atom. The Morgan fingerprint density at radius 2 is 1.67 bits per heavy atom. The Morgan fingerprint density at radius 3 is 2.14 bits per heavy atom. The zero-order valence-electron chi connectivity index (χ0n) is 12.3. The number of ether oxygens (including phenoxy) is 2. The van der Waals surface area contributed by atoms with E-state index in [1.807, 2.05) is 0 Å². The highest BCUT2D eigenvalue weighted by atomic mass is 19.4. The van der Waals surface area contributed by atoms with Gasteiger partial charge in [0.1, 0.15) is 11.4 Å². The first-order chi connectivity index (χ1) is 9.57. The molecule has 0 unspecified atom stereocenters. The van der Waals surface area contributed by atoms with Gasteiger partial charge in [0.15, 0.2) is 0 Å². The van der Waals surface area contributed by atoms with Gasteiger partial charge in [0.2, 0.25) is 0 Å². The van der Waals surface area contributed by atoms with Crippen molar-refractivity contribution in [2.45, 2.75) is 45.4 Å². The van der Waals surface area contributed by atoms with Crippen molar-refractivity contribution in [2.24, 2.45) is 0 Å². The summed E-state index contributed by atoms with van der Waals surface area (Å²) in [5, 5.41) is 0. The fraction of sp³-hybridized carbons (Fsp3) is 0.533. The molecule has 0 aliphatic heterocycles. The highest BCUT2D eigenvalue weighted by Gasteiger charge is 2.26. The van der Waals surface area contributed by atoms with Gasteiger partial charge in [0.25, 0.3) is 0 Å². The van der Waals surface area contributed by atoms with Crippen LogP contribution in [0.2, 0.25) is 0 Å². The fourth-order valence-corrected chi connectivity index (χ4v) is 1.49. The van der Waals surface area contributed by atoms with Gasteiger partial charge in [-0.1, -0.05) is 0 Å². The van der Waals surface area contributed by atoms with Crippen molar-refractivity contribution >= 4 is 5.97 Å². The highest BCUT2D eigenvalue weighted by Crippen LogP contribution is 2.22. The molecule has 21 heavy (non-hydrogen) atoms. The lowest BCUT2D eigenvalue weighted by Gasteiger charge is -2.19. The number of halogens is 3. The molecule has 1 rings (SSSR count). The number of alkyl halides is 3. The molecular formula is C15H19F3O3. The molecule has 0 aliphatic carbocycles. The third kappa shape index (κ3) is 7.58. The first kappa shape index (κ1) is 17.3. The van der Waals surface area contributed by atoms with Gasteiger partial charge in [0.05, 0.1) is 12.2 Å². The van der Waals surface area contributed by atoms with Gasteiger partial charge in [-0.05, 0) is 51.5 Å². The fourth-order valence-electron chi connectivity index (χ4n) is 1.49.